The van der Waals surface area contributed by atoms with Gasteiger partial charge < -0.3 is 0 Å². The molecule has 4 aromatic carbocycles. The van der Waals surface area contributed by atoms with E-state index in [1.807, 2.05) is 11.3 Å². The summed E-state index contributed by atoms with van der Waals surface area (Å²) in [6.45, 7) is 6.45. The number of benzene rings is 4. The topological polar surface area (TPSA) is 0 Å². The van der Waals surface area contributed by atoms with Crippen molar-refractivity contribution in [3.63, 3.8) is 0 Å². The summed E-state index contributed by atoms with van der Waals surface area (Å²) in [5.41, 5.74) is 3.84. The van der Waals surface area contributed by atoms with Gasteiger partial charge in [-0.3, -0.25) is 0 Å². The minimum absolute atomic E-state index is 0.807. The second-order valence-electron chi connectivity index (χ2n) is 8.43. The summed E-state index contributed by atoms with van der Waals surface area (Å²) in [7, 11) is -1.49. The van der Waals surface area contributed by atoms with Gasteiger partial charge in [-0.2, -0.15) is 10.0 Å². The first kappa shape index (κ1) is 20.6. The van der Waals surface area contributed by atoms with E-state index in [1.165, 1.54) is 51.5 Å². The molecule has 0 bridgehead atoms. The second kappa shape index (κ2) is 7.70. The lowest BCUT2D eigenvalue weighted by Crippen LogP contribution is -2.02. The monoisotopic (exact) mass is 460 g/mol. The molecule has 0 saturated carbocycles. The molecule has 0 N–H and O–H groups in total. The summed E-state index contributed by atoms with van der Waals surface area (Å²) in [5, 5.41) is 3.38. The Kier molecular flexibility index (Phi) is 5.13. The average molecular weight is 461 g/mol. The molecule has 1 aromatic heterocycles. The molecule has 0 unspecified atom stereocenters. The zero-order chi connectivity index (χ0) is 21.8. The van der Waals surface area contributed by atoms with Crippen LogP contribution >= 0.6 is 33.0 Å². The van der Waals surface area contributed by atoms with Gasteiger partial charge in [0.25, 0.3) is 0 Å². The van der Waals surface area contributed by atoms with Crippen LogP contribution < -0.4 is 0 Å². The molecule has 0 aliphatic carbocycles. The van der Waals surface area contributed by atoms with Crippen LogP contribution in [0.1, 0.15) is 16.7 Å². The zero-order valence-corrected chi connectivity index (χ0v) is 20.6. The predicted molar refractivity (Wildman–Crippen MR) is 140 cm³/mol. The summed E-state index contributed by atoms with van der Waals surface area (Å²) in [6, 6.07) is 29.2. The van der Waals surface area contributed by atoms with Gasteiger partial charge in [0.1, 0.15) is 0 Å². The molecule has 0 amide bonds. The van der Waals surface area contributed by atoms with E-state index in [4.69, 9.17) is 11.6 Å². The first-order valence-electron chi connectivity index (χ1n) is 10.4. The fourth-order valence-electron chi connectivity index (χ4n) is 4.24. The van der Waals surface area contributed by atoms with E-state index < -0.39 is 10.0 Å². The highest BCUT2D eigenvalue weighted by atomic mass is 35.5. The molecular weight excluding hydrogens is 436 g/mol. The molecule has 5 rings (SSSR count). The number of hydrogen-bond donors (Lipinski definition) is 0. The van der Waals surface area contributed by atoms with Crippen molar-refractivity contribution in [3.05, 3.63) is 101 Å². The van der Waals surface area contributed by atoms with Gasteiger partial charge in [0.15, 0.2) is 0 Å². The number of fused-ring (bicyclic) bond motifs is 3. The van der Waals surface area contributed by atoms with Crippen molar-refractivity contribution in [2.75, 3.05) is 6.26 Å². The molecule has 31 heavy (non-hydrogen) atoms. The minimum Gasteiger partial charge on any atom is -0.162 e. The van der Waals surface area contributed by atoms with E-state index in [-0.39, 0.29) is 0 Å². The van der Waals surface area contributed by atoms with Crippen LogP contribution in [0.5, 0.6) is 0 Å². The van der Waals surface area contributed by atoms with Crippen LogP contribution in [-0.2, 0) is 0 Å². The molecular formula is C28H25ClS2. The van der Waals surface area contributed by atoms with Crippen LogP contribution in [0, 0.1) is 20.8 Å². The fourth-order valence-corrected chi connectivity index (χ4v) is 9.21. The van der Waals surface area contributed by atoms with Gasteiger partial charge in [-0.1, -0.05) is 58.6 Å². The van der Waals surface area contributed by atoms with E-state index in [2.05, 4.69) is 106 Å². The Bertz CT molecular complexity index is 1360. The Hall–Kier alpha value is -2.26. The molecule has 0 aliphatic heterocycles. The zero-order valence-electron chi connectivity index (χ0n) is 18.2. The smallest absolute Gasteiger partial charge is 0.0483 e. The first-order valence-corrected chi connectivity index (χ1v) is 13.6. The third-order valence-corrected chi connectivity index (χ3v) is 11.3. The summed E-state index contributed by atoms with van der Waals surface area (Å²) in [4.78, 5) is 4.07. The molecule has 0 spiro atoms. The minimum atomic E-state index is -1.49. The summed E-state index contributed by atoms with van der Waals surface area (Å²) < 4.78 is 2.67. The maximum absolute atomic E-state index is 6.77. The van der Waals surface area contributed by atoms with Crippen molar-refractivity contribution in [1.82, 2.24) is 0 Å². The summed E-state index contributed by atoms with van der Waals surface area (Å²) in [5.74, 6) is 0. The molecule has 0 saturated heterocycles. The van der Waals surface area contributed by atoms with Crippen molar-refractivity contribution in [1.29, 1.82) is 0 Å². The van der Waals surface area contributed by atoms with Crippen LogP contribution in [0.25, 0.3) is 20.2 Å². The number of hydrogen-bond acceptors (Lipinski definition) is 1. The van der Waals surface area contributed by atoms with E-state index in [1.54, 1.807) is 0 Å². The van der Waals surface area contributed by atoms with Crippen LogP contribution in [-0.4, -0.2) is 6.26 Å². The lowest BCUT2D eigenvalue weighted by atomic mass is 10.1. The van der Waals surface area contributed by atoms with E-state index in [0.29, 0.717) is 0 Å². The molecule has 1 heterocycles. The van der Waals surface area contributed by atoms with Crippen LogP contribution in [0.15, 0.2) is 93.5 Å². The molecule has 5 aromatic rings. The van der Waals surface area contributed by atoms with Gasteiger partial charge in [0.2, 0.25) is 0 Å². The largest absolute Gasteiger partial charge is 0.162 e. The quantitative estimate of drug-likeness (QED) is 0.251. The number of aryl methyl sites for hydroxylation is 3. The second-order valence-corrected chi connectivity index (χ2v) is 13.1. The standard InChI is InChI=1S/C28H25ClS2/c1-18-5-10-22(11-6-18)31(4,23-12-7-19(2)8-13-23)27-17-21(29)16-25-24-15-20(3)9-14-26(24)30-28(25)27/h5-17H,1-4H3. The van der Waals surface area contributed by atoms with Crippen LogP contribution in [0.4, 0.5) is 0 Å². The van der Waals surface area contributed by atoms with Crippen molar-refractivity contribution >= 4 is 53.1 Å². The van der Waals surface area contributed by atoms with E-state index in [0.717, 1.165) is 5.02 Å². The third kappa shape index (κ3) is 3.47. The normalized spacial score (nSPS) is 12.5. The van der Waals surface area contributed by atoms with Crippen molar-refractivity contribution in [2.45, 2.75) is 35.5 Å². The molecule has 0 aliphatic rings. The van der Waals surface area contributed by atoms with Crippen LogP contribution in [0.3, 0.4) is 0 Å². The predicted octanol–water partition coefficient (Wildman–Crippen LogP) is 9.54. The SMILES string of the molecule is Cc1ccc(S(C)(c2ccc(C)cc2)c2cc(Cl)cc3c2sc2ccc(C)cc23)cc1. The molecule has 0 fully saturated rings. The molecule has 0 nitrogen and oxygen atoms in total. The Morgan fingerprint density at radius 2 is 1.19 bits per heavy atom. The highest BCUT2D eigenvalue weighted by Gasteiger charge is 2.29. The third-order valence-electron chi connectivity index (χ3n) is 6.08. The average Bonchev–Trinajstić information content (AvgIpc) is 3.11. The highest BCUT2D eigenvalue weighted by Crippen LogP contribution is 2.68. The molecule has 3 heteroatoms. The summed E-state index contributed by atoms with van der Waals surface area (Å²) in [6.07, 6.45) is 2.42. The maximum atomic E-state index is 6.77. The maximum Gasteiger partial charge on any atom is 0.0483 e. The van der Waals surface area contributed by atoms with Gasteiger partial charge >= 0.3 is 0 Å². The lowest BCUT2D eigenvalue weighted by Gasteiger charge is -2.38. The summed E-state index contributed by atoms with van der Waals surface area (Å²) >= 11 is 8.66. The number of halogens is 1. The fraction of sp³-hybridized carbons (Fsp3) is 0.143. The Morgan fingerprint density at radius 3 is 1.77 bits per heavy atom. The van der Waals surface area contributed by atoms with E-state index in [9.17, 15) is 0 Å². The van der Waals surface area contributed by atoms with Gasteiger partial charge in [-0.05, 0) is 85.3 Å². The number of thiophene rings is 1. The molecule has 0 atom stereocenters. The Balaban J connectivity index is 1.89. The molecule has 156 valence electrons. The van der Waals surface area contributed by atoms with Crippen molar-refractivity contribution < 1.29 is 0 Å². The van der Waals surface area contributed by atoms with Gasteiger partial charge in [-0.25, -0.2) is 0 Å². The van der Waals surface area contributed by atoms with Gasteiger partial charge in [-0.15, -0.1) is 11.3 Å². The van der Waals surface area contributed by atoms with Crippen molar-refractivity contribution in [3.8, 4) is 0 Å². The van der Waals surface area contributed by atoms with Gasteiger partial charge in [0.05, 0.1) is 0 Å². The van der Waals surface area contributed by atoms with Crippen molar-refractivity contribution in [2.24, 2.45) is 0 Å². The first-order chi connectivity index (χ1) is 14.9. The Labute approximate surface area is 194 Å². The molecule has 0 radical (unpaired) electrons. The van der Waals surface area contributed by atoms with E-state index >= 15 is 0 Å². The Morgan fingerprint density at radius 1 is 0.645 bits per heavy atom. The highest BCUT2D eigenvalue weighted by molar-refractivity contribution is 8.33. The lowest BCUT2D eigenvalue weighted by molar-refractivity contribution is 1.29. The van der Waals surface area contributed by atoms with Crippen LogP contribution in [0.2, 0.25) is 5.02 Å². The van der Waals surface area contributed by atoms with Gasteiger partial charge in [0, 0.05) is 30.1 Å². The number of rotatable bonds is 3.